The van der Waals surface area contributed by atoms with Crippen LogP contribution in [0.1, 0.15) is 19.5 Å². The molecule has 0 aromatic carbocycles. The standard InChI is InChI=1S/C14H18N6O10S2/c1-14(2,11(23)24)30-19-7(5-4-31-12(15)17-5)9(21)18-8-6(3-29-13(16)25)20(10(8)22)32(26,27)28/h4,6,8H,3H2,1-2H3,(H2,15,17)(H2,16,25)(H,18,21)(H,23,24)(H,26,27,28)/t6-,8+/m1/s1. The van der Waals surface area contributed by atoms with Gasteiger partial charge in [-0.3, -0.25) is 14.1 Å². The molecule has 0 spiro atoms. The van der Waals surface area contributed by atoms with E-state index in [1.54, 1.807) is 0 Å². The molecule has 2 heterocycles. The van der Waals surface area contributed by atoms with Crippen LogP contribution in [-0.4, -0.2) is 81.2 Å². The highest BCUT2D eigenvalue weighted by atomic mass is 32.2. The number of nitrogen functional groups attached to an aromatic ring is 1. The van der Waals surface area contributed by atoms with E-state index in [2.05, 4.69) is 20.2 Å². The molecule has 1 aromatic rings. The molecule has 1 aromatic heterocycles. The molecule has 0 unspecified atom stereocenters. The number of primary amides is 1. The van der Waals surface area contributed by atoms with Crippen molar-refractivity contribution in [2.45, 2.75) is 31.5 Å². The molecule has 1 fully saturated rings. The Kier molecular flexibility index (Phi) is 6.90. The number of carbonyl (C=O) groups excluding carboxylic acids is 3. The van der Waals surface area contributed by atoms with E-state index in [4.69, 9.17) is 21.4 Å². The first-order valence-corrected chi connectivity index (χ1v) is 10.7. The fourth-order valence-corrected chi connectivity index (χ4v) is 3.72. The van der Waals surface area contributed by atoms with Crippen molar-refractivity contribution in [1.82, 2.24) is 14.6 Å². The summed E-state index contributed by atoms with van der Waals surface area (Å²) in [5, 5.41) is 16.1. The highest BCUT2D eigenvalue weighted by Gasteiger charge is 2.55. The summed E-state index contributed by atoms with van der Waals surface area (Å²) in [6.45, 7) is 1.53. The molecule has 0 radical (unpaired) electrons. The Bertz CT molecular complexity index is 1080. The topological polar surface area (TPSA) is 254 Å². The molecule has 7 N–H and O–H groups in total. The van der Waals surface area contributed by atoms with Crippen LogP contribution >= 0.6 is 11.3 Å². The number of ether oxygens (including phenoxy) is 1. The third kappa shape index (κ3) is 5.39. The molecule has 0 bridgehead atoms. The van der Waals surface area contributed by atoms with Crippen molar-refractivity contribution in [3.8, 4) is 0 Å². The average molecular weight is 494 g/mol. The van der Waals surface area contributed by atoms with Gasteiger partial charge in [0, 0.05) is 5.38 Å². The quantitative estimate of drug-likeness (QED) is 0.107. The molecule has 176 valence electrons. The van der Waals surface area contributed by atoms with Gasteiger partial charge in [0.05, 0.1) is 0 Å². The van der Waals surface area contributed by atoms with Gasteiger partial charge in [-0.2, -0.15) is 8.42 Å². The molecule has 32 heavy (non-hydrogen) atoms. The van der Waals surface area contributed by atoms with Gasteiger partial charge in [0.2, 0.25) is 5.60 Å². The molecule has 0 aliphatic carbocycles. The second-order valence-electron chi connectivity index (χ2n) is 6.68. The minimum absolute atomic E-state index is 0.0113. The number of aliphatic carboxylic acids is 1. The maximum absolute atomic E-state index is 12.8. The van der Waals surface area contributed by atoms with Gasteiger partial charge in [0.15, 0.2) is 10.8 Å². The summed E-state index contributed by atoms with van der Waals surface area (Å²) in [5.74, 6) is -3.78. The molecule has 16 nitrogen and oxygen atoms in total. The van der Waals surface area contributed by atoms with Crippen molar-refractivity contribution in [2.24, 2.45) is 10.9 Å². The number of rotatable bonds is 9. The predicted molar refractivity (Wildman–Crippen MR) is 106 cm³/mol. The molecule has 0 saturated carbocycles. The van der Waals surface area contributed by atoms with Gasteiger partial charge in [0.25, 0.3) is 11.8 Å². The average Bonchev–Trinajstić information content (AvgIpc) is 3.07. The fourth-order valence-electron chi connectivity index (χ4n) is 2.30. The Morgan fingerprint density at radius 1 is 1.41 bits per heavy atom. The largest absolute Gasteiger partial charge is 0.478 e. The summed E-state index contributed by atoms with van der Waals surface area (Å²) in [6, 6.07) is -3.11. The summed E-state index contributed by atoms with van der Waals surface area (Å²) < 4.78 is 36.4. The lowest BCUT2D eigenvalue weighted by molar-refractivity contribution is -0.161. The third-order valence-corrected chi connectivity index (χ3v) is 5.58. The number of aromatic nitrogens is 1. The Balaban J connectivity index is 2.32. The van der Waals surface area contributed by atoms with Gasteiger partial charge in [-0.1, -0.05) is 5.16 Å². The van der Waals surface area contributed by atoms with Crippen LogP contribution in [0.2, 0.25) is 0 Å². The van der Waals surface area contributed by atoms with Gasteiger partial charge < -0.3 is 31.5 Å². The minimum atomic E-state index is -5.04. The van der Waals surface area contributed by atoms with Gasteiger partial charge in [-0.05, 0) is 13.8 Å². The van der Waals surface area contributed by atoms with E-state index in [0.717, 1.165) is 25.2 Å². The summed E-state index contributed by atoms with van der Waals surface area (Å²) >= 11 is 0.920. The lowest BCUT2D eigenvalue weighted by Crippen LogP contribution is -2.73. The van der Waals surface area contributed by atoms with Crippen molar-refractivity contribution in [2.75, 3.05) is 12.3 Å². The van der Waals surface area contributed by atoms with E-state index in [0.29, 0.717) is 0 Å². The smallest absolute Gasteiger partial charge is 0.404 e. The van der Waals surface area contributed by atoms with Gasteiger partial charge in [-0.15, -0.1) is 11.3 Å². The molecule has 18 heteroatoms. The number of thiazole rings is 1. The molecule has 1 aliphatic heterocycles. The van der Waals surface area contributed by atoms with E-state index in [1.165, 1.54) is 5.38 Å². The van der Waals surface area contributed by atoms with Crippen LogP contribution in [-0.2, 0) is 34.3 Å². The maximum atomic E-state index is 12.8. The Morgan fingerprint density at radius 3 is 2.50 bits per heavy atom. The van der Waals surface area contributed by atoms with Crippen LogP contribution in [0.3, 0.4) is 0 Å². The Morgan fingerprint density at radius 2 is 2.03 bits per heavy atom. The monoisotopic (exact) mass is 494 g/mol. The number of hydrogen-bond acceptors (Lipinski definition) is 12. The number of hydrogen-bond donors (Lipinski definition) is 5. The van der Waals surface area contributed by atoms with Crippen LogP contribution < -0.4 is 16.8 Å². The first-order valence-electron chi connectivity index (χ1n) is 8.40. The molecule has 1 saturated heterocycles. The Hall–Kier alpha value is -3.51. The lowest BCUT2D eigenvalue weighted by atomic mass is 9.99. The molecule has 2 rings (SSSR count). The number of β-lactam (4-membered cyclic amide) rings is 1. The number of nitrogens with two attached hydrogens (primary N) is 2. The maximum Gasteiger partial charge on any atom is 0.404 e. The molecule has 1 aliphatic rings. The number of nitrogens with one attached hydrogen (secondary N) is 1. The number of carboxylic acid groups (broad SMARTS) is 1. The number of oxime groups is 1. The van der Waals surface area contributed by atoms with Crippen molar-refractivity contribution >= 4 is 56.4 Å². The summed E-state index contributed by atoms with van der Waals surface area (Å²) in [7, 11) is -5.04. The molecular formula is C14H18N6O10S2. The number of nitrogens with zero attached hydrogens (tertiary/aromatic N) is 3. The van der Waals surface area contributed by atoms with Crippen LogP contribution in [0.5, 0.6) is 0 Å². The second-order valence-corrected chi connectivity index (χ2v) is 8.86. The van der Waals surface area contributed by atoms with Crippen LogP contribution in [0.25, 0.3) is 0 Å². The summed E-state index contributed by atoms with van der Waals surface area (Å²) in [4.78, 5) is 55.8. The van der Waals surface area contributed by atoms with Gasteiger partial charge >= 0.3 is 22.4 Å². The highest BCUT2D eigenvalue weighted by Crippen LogP contribution is 2.24. The number of carboxylic acids is 1. The highest BCUT2D eigenvalue weighted by molar-refractivity contribution is 7.84. The Labute approximate surface area is 184 Å². The third-order valence-electron chi connectivity index (χ3n) is 3.96. The minimum Gasteiger partial charge on any atom is -0.478 e. The molecule has 2 atom stereocenters. The zero-order valence-electron chi connectivity index (χ0n) is 16.4. The zero-order chi connectivity index (χ0) is 24.4. The van der Waals surface area contributed by atoms with Gasteiger partial charge in [0.1, 0.15) is 24.4 Å². The first-order chi connectivity index (χ1) is 14.6. The van der Waals surface area contributed by atoms with Gasteiger partial charge in [-0.25, -0.2) is 18.9 Å². The van der Waals surface area contributed by atoms with E-state index >= 15 is 0 Å². The summed E-state index contributed by atoms with van der Waals surface area (Å²) in [6.07, 6.45) is -1.30. The lowest BCUT2D eigenvalue weighted by Gasteiger charge is -2.43. The normalized spacial score (nSPS) is 19.2. The van der Waals surface area contributed by atoms with Crippen molar-refractivity contribution in [3.05, 3.63) is 11.1 Å². The SMILES string of the molecule is CC(C)(ON=C(C(=O)N[C@@H]1C(=O)N(S(=O)(=O)O)[C@@H]1COC(N)=O)c1csc(N)n1)C(=O)O. The number of carbonyl (C=O) groups is 4. The summed E-state index contributed by atoms with van der Waals surface area (Å²) in [5.41, 5.74) is 7.79. The van der Waals surface area contributed by atoms with E-state index in [1.807, 2.05) is 0 Å². The predicted octanol–water partition coefficient (Wildman–Crippen LogP) is -2.10. The second kappa shape index (κ2) is 8.93. The van der Waals surface area contributed by atoms with E-state index in [9.17, 15) is 32.1 Å². The molecule has 3 amide bonds. The van der Waals surface area contributed by atoms with Crippen molar-refractivity contribution in [3.63, 3.8) is 0 Å². The number of amides is 3. The first kappa shape index (κ1) is 24.8. The van der Waals surface area contributed by atoms with Crippen LogP contribution in [0.4, 0.5) is 9.93 Å². The van der Waals surface area contributed by atoms with E-state index in [-0.39, 0.29) is 15.1 Å². The fraction of sp³-hybridized carbons (Fsp3) is 0.429. The van der Waals surface area contributed by atoms with E-state index < -0.39 is 64.2 Å². The van der Waals surface area contributed by atoms with Crippen molar-refractivity contribution < 1.29 is 46.8 Å². The molecular weight excluding hydrogens is 476 g/mol. The van der Waals surface area contributed by atoms with Crippen LogP contribution in [0, 0.1) is 0 Å². The zero-order valence-corrected chi connectivity index (χ0v) is 18.0. The number of anilines is 1. The van der Waals surface area contributed by atoms with Crippen molar-refractivity contribution in [1.29, 1.82) is 0 Å². The van der Waals surface area contributed by atoms with Crippen LogP contribution in [0.15, 0.2) is 10.5 Å².